The Kier molecular flexibility index (Phi) is 5.91. The van der Waals surface area contributed by atoms with Crippen LogP contribution in [0.25, 0.3) is 0 Å². The lowest BCUT2D eigenvalue weighted by Gasteiger charge is -2.18. The van der Waals surface area contributed by atoms with Gasteiger partial charge in [0.05, 0.1) is 6.42 Å². The summed E-state index contributed by atoms with van der Waals surface area (Å²) in [5, 5.41) is 4.44. The number of carbonyl (C=O) groups excluding carboxylic acids is 3. The monoisotopic (exact) mass is 316 g/mol. The van der Waals surface area contributed by atoms with E-state index in [2.05, 4.69) is 10.6 Å². The van der Waals surface area contributed by atoms with Gasteiger partial charge in [0.15, 0.2) is 0 Å². The smallest absolute Gasteiger partial charge is 0.321 e. The van der Waals surface area contributed by atoms with Crippen molar-refractivity contribution in [2.75, 3.05) is 7.05 Å². The first-order valence-corrected chi connectivity index (χ1v) is 7.54. The van der Waals surface area contributed by atoms with Gasteiger partial charge in [-0.3, -0.25) is 14.9 Å². The largest absolute Gasteiger partial charge is 0.447 e. The lowest BCUT2D eigenvalue weighted by Crippen LogP contribution is -2.41. The molecule has 0 saturated heterocycles. The van der Waals surface area contributed by atoms with Crippen LogP contribution >= 0.6 is 0 Å². The summed E-state index contributed by atoms with van der Waals surface area (Å²) in [6.07, 6.45) is 4.97. The van der Waals surface area contributed by atoms with Crippen LogP contribution in [0.1, 0.15) is 30.9 Å². The van der Waals surface area contributed by atoms with Crippen LogP contribution in [0.5, 0.6) is 0 Å². The first kappa shape index (κ1) is 16.7. The molecule has 0 heterocycles. The molecule has 0 fully saturated rings. The quantitative estimate of drug-likeness (QED) is 0.643. The summed E-state index contributed by atoms with van der Waals surface area (Å²) in [5.74, 6) is -0.978. The van der Waals surface area contributed by atoms with E-state index >= 15 is 0 Å². The minimum Gasteiger partial charge on any atom is -0.447 e. The molecular formula is C17H20N2O4. The normalized spacial score (nSPS) is 17.3. The Hall–Kier alpha value is -2.63. The van der Waals surface area contributed by atoms with Gasteiger partial charge in [-0.1, -0.05) is 42.5 Å². The molecule has 1 aliphatic rings. The lowest BCUT2D eigenvalue weighted by atomic mass is 10.1. The van der Waals surface area contributed by atoms with Crippen molar-refractivity contribution in [3.63, 3.8) is 0 Å². The summed E-state index contributed by atoms with van der Waals surface area (Å²) in [6.45, 7) is 0. The maximum Gasteiger partial charge on any atom is 0.321 e. The molecule has 0 unspecified atom stereocenters. The van der Waals surface area contributed by atoms with E-state index in [1.54, 1.807) is 30.3 Å². The van der Waals surface area contributed by atoms with Crippen molar-refractivity contribution in [2.24, 2.45) is 5.92 Å². The molecule has 2 N–H and O–H groups in total. The van der Waals surface area contributed by atoms with E-state index in [0.717, 1.165) is 12.8 Å². The number of ether oxygens (including phenoxy) is 1. The van der Waals surface area contributed by atoms with Crippen LogP contribution in [0.15, 0.2) is 42.5 Å². The summed E-state index contributed by atoms with van der Waals surface area (Å²) in [6, 6.07) is 7.98. The molecule has 0 spiro atoms. The number of carbonyl (C=O) groups is 3. The van der Waals surface area contributed by atoms with Gasteiger partial charge in [0.2, 0.25) is 6.10 Å². The number of amides is 3. The van der Waals surface area contributed by atoms with Gasteiger partial charge in [0.1, 0.15) is 0 Å². The summed E-state index contributed by atoms with van der Waals surface area (Å²) in [7, 11) is 1.40. The van der Waals surface area contributed by atoms with Crippen LogP contribution in [0.4, 0.5) is 4.79 Å². The molecule has 1 aromatic rings. The maximum atomic E-state index is 12.2. The van der Waals surface area contributed by atoms with Gasteiger partial charge < -0.3 is 10.1 Å². The third kappa shape index (κ3) is 4.95. The predicted molar refractivity (Wildman–Crippen MR) is 84.4 cm³/mol. The second-order valence-electron chi connectivity index (χ2n) is 5.32. The average Bonchev–Trinajstić information content (AvgIpc) is 3.06. The molecule has 6 heteroatoms. The first-order chi connectivity index (χ1) is 11.1. The van der Waals surface area contributed by atoms with Gasteiger partial charge in [0, 0.05) is 12.6 Å². The highest BCUT2D eigenvalue weighted by Crippen LogP contribution is 2.24. The molecule has 2 atom stereocenters. The molecule has 23 heavy (non-hydrogen) atoms. The van der Waals surface area contributed by atoms with Crippen molar-refractivity contribution < 1.29 is 19.1 Å². The van der Waals surface area contributed by atoms with Gasteiger partial charge in [-0.2, -0.15) is 0 Å². The van der Waals surface area contributed by atoms with Crippen LogP contribution < -0.4 is 10.6 Å². The fraction of sp³-hybridized carbons (Fsp3) is 0.353. The first-order valence-electron chi connectivity index (χ1n) is 7.54. The van der Waals surface area contributed by atoms with E-state index < -0.39 is 24.0 Å². The highest BCUT2D eigenvalue weighted by Gasteiger charge is 2.27. The standard InChI is InChI=1S/C17H20N2O4/c1-18-17(22)19-16(21)15(13-9-3-2-4-10-13)23-14(20)11-12-7-5-6-8-12/h2-5,7,9-10,12,15H,6,8,11H2,1H3,(H2,18,19,21,22)/t12-,15+/m1/s1. The lowest BCUT2D eigenvalue weighted by molar-refractivity contribution is -0.156. The molecule has 1 aromatic carbocycles. The van der Waals surface area contributed by atoms with E-state index in [4.69, 9.17) is 4.74 Å². The van der Waals surface area contributed by atoms with Gasteiger partial charge in [-0.25, -0.2) is 4.79 Å². The second-order valence-corrected chi connectivity index (χ2v) is 5.32. The molecule has 0 aromatic heterocycles. The van der Waals surface area contributed by atoms with E-state index in [1.165, 1.54) is 7.05 Å². The van der Waals surface area contributed by atoms with Crippen LogP contribution in [0.2, 0.25) is 0 Å². The number of rotatable bonds is 5. The number of hydrogen-bond acceptors (Lipinski definition) is 4. The number of hydrogen-bond donors (Lipinski definition) is 2. The molecule has 0 bridgehead atoms. The molecule has 0 saturated carbocycles. The Morgan fingerprint density at radius 1 is 1.26 bits per heavy atom. The topological polar surface area (TPSA) is 84.5 Å². The van der Waals surface area contributed by atoms with Crippen molar-refractivity contribution in [3.05, 3.63) is 48.0 Å². The van der Waals surface area contributed by atoms with Gasteiger partial charge in [-0.05, 0) is 18.8 Å². The van der Waals surface area contributed by atoms with Crippen LogP contribution in [0.3, 0.4) is 0 Å². The molecule has 3 amide bonds. The number of nitrogens with one attached hydrogen (secondary N) is 2. The van der Waals surface area contributed by atoms with Gasteiger partial charge in [0.25, 0.3) is 5.91 Å². The van der Waals surface area contributed by atoms with Crippen molar-refractivity contribution in [3.8, 4) is 0 Å². The highest BCUT2D eigenvalue weighted by molar-refractivity contribution is 5.97. The van der Waals surface area contributed by atoms with E-state index in [9.17, 15) is 14.4 Å². The van der Waals surface area contributed by atoms with Crippen LogP contribution in [-0.4, -0.2) is 25.0 Å². The van der Waals surface area contributed by atoms with E-state index in [-0.39, 0.29) is 12.3 Å². The van der Waals surface area contributed by atoms with Crippen LogP contribution in [-0.2, 0) is 14.3 Å². The minimum atomic E-state index is -1.15. The molecular weight excluding hydrogens is 296 g/mol. The average molecular weight is 316 g/mol. The van der Waals surface area contributed by atoms with E-state index in [1.807, 2.05) is 12.2 Å². The van der Waals surface area contributed by atoms with Crippen molar-refractivity contribution in [1.29, 1.82) is 0 Å². The third-order valence-electron chi connectivity index (χ3n) is 3.59. The second kappa shape index (κ2) is 8.12. The third-order valence-corrected chi connectivity index (χ3v) is 3.59. The predicted octanol–water partition coefficient (Wildman–Crippen LogP) is 2.08. The molecule has 1 aliphatic carbocycles. The summed E-state index contributed by atoms with van der Waals surface area (Å²) >= 11 is 0. The molecule has 0 aliphatic heterocycles. The number of urea groups is 1. The fourth-order valence-electron chi connectivity index (χ4n) is 2.40. The Labute approximate surface area is 134 Å². The summed E-state index contributed by atoms with van der Waals surface area (Å²) in [4.78, 5) is 35.7. The number of imide groups is 1. The van der Waals surface area contributed by atoms with E-state index in [0.29, 0.717) is 5.56 Å². The number of allylic oxidation sites excluding steroid dienone is 2. The highest BCUT2D eigenvalue weighted by atomic mass is 16.5. The van der Waals surface area contributed by atoms with Crippen molar-refractivity contribution in [1.82, 2.24) is 10.6 Å². The fourth-order valence-corrected chi connectivity index (χ4v) is 2.40. The van der Waals surface area contributed by atoms with Gasteiger partial charge >= 0.3 is 12.0 Å². The van der Waals surface area contributed by atoms with Gasteiger partial charge in [-0.15, -0.1) is 0 Å². The Bertz CT molecular complexity index is 598. The summed E-state index contributed by atoms with van der Waals surface area (Å²) in [5.41, 5.74) is 0.518. The minimum absolute atomic E-state index is 0.154. The zero-order valence-corrected chi connectivity index (χ0v) is 13.0. The SMILES string of the molecule is CNC(=O)NC(=O)[C@@H](OC(=O)C[C@@H]1C=CCC1)c1ccccc1. The van der Waals surface area contributed by atoms with Crippen molar-refractivity contribution in [2.45, 2.75) is 25.4 Å². The molecule has 2 rings (SSSR count). The molecule has 122 valence electrons. The zero-order valence-electron chi connectivity index (χ0n) is 13.0. The van der Waals surface area contributed by atoms with Crippen LogP contribution in [0, 0.1) is 5.92 Å². The summed E-state index contributed by atoms with van der Waals surface area (Å²) < 4.78 is 5.34. The Morgan fingerprint density at radius 3 is 2.61 bits per heavy atom. The van der Waals surface area contributed by atoms with Crippen molar-refractivity contribution >= 4 is 17.9 Å². The Balaban J connectivity index is 2.06. The Morgan fingerprint density at radius 2 is 2.00 bits per heavy atom. The maximum absolute atomic E-state index is 12.2. The number of benzene rings is 1. The molecule has 0 radical (unpaired) electrons. The number of esters is 1. The zero-order chi connectivity index (χ0) is 16.7. The molecule has 6 nitrogen and oxygen atoms in total.